The second-order valence-corrected chi connectivity index (χ2v) is 34.0. The zero-order valence-electron chi connectivity index (χ0n) is 52.6. The number of nitrogens with one attached hydrogen (secondary N) is 3. The first kappa shape index (κ1) is 82.4. The molecular weight excluding hydrogens is 1140 g/mol. The molecule has 0 fully saturated rings. The van der Waals surface area contributed by atoms with E-state index in [9.17, 15) is 0 Å². The van der Waals surface area contributed by atoms with E-state index in [4.69, 9.17) is 78.0 Å². The summed E-state index contributed by atoms with van der Waals surface area (Å²) < 4.78 is 79.6. The van der Waals surface area contributed by atoms with Gasteiger partial charge in [0.2, 0.25) is 0 Å². The van der Waals surface area contributed by atoms with E-state index >= 15 is 0 Å². The van der Waals surface area contributed by atoms with E-state index in [-0.39, 0.29) is 39.6 Å². The average molecular weight is 1250 g/mol. The number of halogens is 1. The smallest absolute Gasteiger partial charge is 0.379 e. The molecule has 0 saturated heterocycles. The van der Waals surface area contributed by atoms with E-state index in [1.807, 2.05) is 44.2 Å². The van der Waals surface area contributed by atoms with Crippen molar-refractivity contribution >= 4 is 69.0 Å². The van der Waals surface area contributed by atoms with E-state index in [1.54, 1.807) is 107 Å². The second-order valence-electron chi connectivity index (χ2n) is 17.6. The van der Waals surface area contributed by atoms with Crippen LogP contribution in [0.3, 0.4) is 0 Å². The van der Waals surface area contributed by atoms with Gasteiger partial charge in [0.25, 0.3) is 0 Å². The lowest BCUT2D eigenvalue weighted by Gasteiger charge is -2.43. The van der Waals surface area contributed by atoms with Crippen LogP contribution in [-0.2, 0) is 72.9 Å². The summed E-state index contributed by atoms with van der Waals surface area (Å²) in [5.74, 6) is 0. The van der Waals surface area contributed by atoms with Gasteiger partial charge in [-0.2, -0.15) is 12.6 Å². The molecule has 7 atom stereocenters. The van der Waals surface area contributed by atoms with Crippen LogP contribution in [0.2, 0.25) is 0 Å². The highest BCUT2D eigenvalue weighted by Gasteiger charge is 2.51. The highest BCUT2D eigenvalue weighted by molar-refractivity contribution is 7.83. The minimum atomic E-state index is -2.82. The van der Waals surface area contributed by atoms with E-state index in [0.717, 1.165) is 45.2 Å². The fraction of sp³-hybridized carbons (Fsp3) is 0.736. The van der Waals surface area contributed by atoms with Gasteiger partial charge in [0.05, 0.1) is 34.6 Å². The highest BCUT2D eigenvalue weighted by atomic mass is 35.5. The summed E-state index contributed by atoms with van der Waals surface area (Å²) in [5, 5.41) is 10.5. The molecule has 2 aromatic carbocycles. The zero-order chi connectivity index (χ0) is 60.9. The molecule has 19 nitrogen and oxygen atoms in total. The van der Waals surface area contributed by atoms with Crippen molar-refractivity contribution in [3.63, 3.8) is 0 Å². The number of rotatable bonds is 39. The maximum absolute atomic E-state index is 5.98. The molecule has 0 aliphatic rings. The van der Waals surface area contributed by atoms with Crippen molar-refractivity contribution in [1.82, 2.24) is 20.9 Å². The van der Waals surface area contributed by atoms with Crippen molar-refractivity contribution in [2.45, 2.75) is 146 Å². The van der Waals surface area contributed by atoms with Gasteiger partial charge in [0, 0.05) is 113 Å². The molecule has 79 heavy (non-hydrogen) atoms. The summed E-state index contributed by atoms with van der Waals surface area (Å²) in [6.07, 6.45) is 10.5. The van der Waals surface area contributed by atoms with Gasteiger partial charge in [-0.25, -0.2) is 0 Å². The third-order valence-corrected chi connectivity index (χ3v) is 28.8. The number of nitrogens with zero attached hydrogens (tertiary/aromatic N) is 1. The van der Waals surface area contributed by atoms with Gasteiger partial charge in [-0.3, -0.25) is 20.9 Å². The van der Waals surface area contributed by atoms with Crippen molar-refractivity contribution in [2.24, 2.45) is 0 Å². The quantitative estimate of drug-likeness (QED) is 0.0124. The van der Waals surface area contributed by atoms with Crippen LogP contribution in [0, 0.1) is 0 Å². The molecule has 26 heteroatoms. The molecular formula is C53H111ClN4O15SSi5. The summed E-state index contributed by atoms with van der Waals surface area (Å²) >= 11 is 10.3. The van der Waals surface area contributed by atoms with E-state index in [0.29, 0.717) is 0 Å². The van der Waals surface area contributed by atoms with Crippen LogP contribution in [0.4, 0.5) is 0 Å². The molecule has 2 rings (SSSR count). The SMILES string of the molecule is C=CC(NC(C)N(CCCCCC)C(CC)[Si](OC)(OC)OC)c1ccccc1.CCC(Cl)[Si](OC)(OC)OC.CCC(NC(C)NCc1ccccc1)[Si](OC)(OC)OC.CCC(S)[Si](OC)(OC)OC.CO[SiH](OC)OC. The maximum atomic E-state index is 5.98. The Balaban J connectivity index is -0.00000100. The molecule has 3 N–H and O–H groups in total. The molecule has 0 bridgehead atoms. The molecule has 0 aliphatic carbocycles. The molecule has 466 valence electrons. The highest BCUT2D eigenvalue weighted by Crippen LogP contribution is 2.26. The van der Waals surface area contributed by atoms with Gasteiger partial charge in [-0.15, -0.1) is 18.2 Å². The molecule has 0 saturated carbocycles. The number of benzene rings is 2. The number of thiol groups is 1. The van der Waals surface area contributed by atoms with Crippen LogP contribution in [-0.4, -0.2) is 196 Å². The molecule has 7 unspecified atom stereocenters. The summed E-state index contributed by atoms with van der Waals surface area (Å²) in [4.78, 5) is 2.53. The normalized spacial score (nSPS) is 14.7. The maximum Gasteiger partial charge on any atom is 0.518 e. The number of hydrogen-bond donors (Lipinski definition) is 4. The summed E-state index contributed by atoms with van der Waals surface area (Å²) in [7, 11) is 12.0. The summed E-state index contributed by atoms with van der Waals surface area (Å²) in [6.45, 7) is 20.6. The molecule has 0 amide bonds. The molecule has 0 aliphatic heterocycles. The van der Waals surface area contributed by atoms with E-state index < -0.39 is 44.7 Å². The van der Waals surface area contributed by atoms with Crippen LogP contribution >= 0.6 is 24.2 Å². The third-order valence-electron chi connectivity index (χ3n) is 13.0. The number of hydrogen-bond acceptors (Lipinski definition) is 20. The van der Waals surface area contributed by atoms with Crippen molar-refractivity contribution < 1.29 is 66.4 Å². The lowest BCUT2D eigenvalue weighted by Crippen LogP contribution is -2.65. The van der Waals surface area contributed by atoms with Crippen LogP contribution < -0.4 is 16.0 Å². The predicted molar refractivity (Wildman–Crippen MR) is 335 cm³/mol. The zero-order valence-corrected chi connectivity index (χ0v) is 59.4. The van der Waals surface area contributed by atoms with Crippen LogP contribution in [0.5, 0.6) is 0 Å². The molecule has 0 radical (unpaired) electrons. The Morgan fingerprint density at radius 3 is 1.32 bits per heavy atom. The van der Waals surface area contributed by atoms with Crippen LogP contribution in [0.15, 0.2) is 73.3 Å². The van der Waals surface area contributed by atoms with Gasteiger partial charge in [-0.05, 0) is 63.6 Å². The van der Waals surface area contributed by atoms with E-state index in [2.05, 4.69) is 111 Å². The molecule has 2 aromatic rings. The lowest BCUT2D eigenvalue weighted by molar-refractivity contribution is 0.0488. The second kappa shape index (κ2) is 49.4. The van der Waals surface area contributed by atoms with Crippen molar-refractivity contribution in [2.75, 3.05) is 113 Å². The van der Waals surface area contributed by atoms with Crippen molar-refractivity contribution in [3.05, 3.63) is 84.4 Å². The monoisotopic (exact) mass is 1250 g/mol. The van der Waals surface area contributed by atoms with Gasteiger partial charge in [0.1, 0.15) is 5.00 Å². The fourth-order valence-electron chi connectivity index (χ4n) is 8.46. The van der Waals surface area contributed by atoms with Crippen LogP contribution in [0.1, 0.15) is 117 Å². The van der Waals surface area contributed by atoms with Gasteiger partial charge >= 0.3 is 44.7 Å². The Morgan fingerprint density at radius 2 is 1.00 bits per heavy atom. The van der Waals surface area contributed by atoms with Crippen molar-refractivity contribution in [3.8, 4) is 0 Å². The lowest BCUT2D eigenvalue weighted by atomic mass is 10.1. The summed E-state index contributed by atoms with van der Waals surface area (Å²) in [6, 6.07) is 20.8. The standard InChI is InChI=1S/C23H42N2O3Si.C15H28N2O3Si.C6H15ClO3Si.C6H16O3SSi.C3H10O3Si/c1-8-11-12-16-19-25(23(10-3)29(26-5,27-6)28-7)20(4)24-22(9-2)21-17-14-13-15-18-21;1-6-15(21(18-3,19-4)20-5)17-13(2)16-12-14-10-8-7-9-11-14;1-5-6(7)11(8-2,9-3)10-4;1-5-6(10)11(7-2,8-3)9-4;1-4-7(5-2)6-3/h9,13-15,17-18,20,22-24H,2,8,10-12,16,19H2,1,3-7H3;7-11,13,15-17H,6,12H2,1-5H3;6H,5H2,1-4H3;6,10H,5H2,1-4H3;7H,1-3H3. The topological polar surface area (TPSA) is 178 Å². The van der Waals surface area contributed by atoms with Gasteiger partial charge < -0.3 is 66.4 Å². The first-order valence-corrected chi connectivity index (χ1v) is 36.6. The largest absolute Gasteiger partial charge is 0.518 e. The number of alkyl halides is 1. The minimum absolute atomic E-state index is 0.0516. The third kappa shape index (κ3) is 29.2. The Morgan fingerprint density at radius 1 is 0.557 bits per heavy atom. The Kier molecular flexibility index (Phi) is 51.5. The molecule has 0 heterocycles. The first-order valence-electron chi connectivity index (χ1n) is 27.1. The van der Waals surface area contributed by atoms with Crippen molar-refractivity contribution in [1.29, 1.82) is 0 Å². The van der Waals surface area contributed by atoms with Crippen LogP contribution in [0.25, 0.3) is 0 Å². The summed E-state index contributed by atoms with van der Waals surface area (Å²) in [5.41, 5.74) is 2.60. The average Bonchev–Trinajstić information content (AvgIpc) is 3.50. The Hall–Kier alpha value is -0.856. The van der Waals surface area contributed by atoms with E-state index in [1.165, 1.54) is 30.4 Å². The van der Waals surface area contributed by atoms with Gasteiger partial charge in [-0.1, -0.05) is 121 Å². The minimum Gasteiger partial charge on any atom is -0.379 e. The Bertz CT molecular complexity index is 1610. The van der Waals surface area contributed by atoms with Gasteiger partial charge in [0.15, 0.2) is 0 Å². The first-order chi connectivity index (χ1) is 37.8. The molecule has 0 spiro atoms. The molecule has 0 aromatic heterocycles. The number of unbranched alkanes of at least 4 members (excludes halogenated alkanes) is 3. The Labute approximate surface area is 497 Å². The fourth-order valence-corrected chi connectivity index (χ4v) is 19.3. The predicted octanol–water partition coefficient (Wildman–Crippen LogP) is 9.01.